The molecule has 0 atom stereocenters. The highest BCUT2D eigenvalue weighted by molar-refractivity contribution is 5.88. The number of nitrogens with one attached hydrogen (secondary N) is 2. The Morgan fingerprint density at radius 1 is 0.764 bits per heavy atom. The van der Waals surface area contributed by atoms with E-state index >= 15 is 0 Å². The van der Waals surface area contributed by atoms with Crippen molar-refractivity contribution in [3.8, 4) is 0 Å². The first-order chi connectivity index (χ1) is 26.9. The monoisotopic (exact) mass is 724 g/mol. The van der Waals surface area contributed by atoms with E-state index < -0.39 is 0 Å². The molecule has 0 amide bonds. The van der Waals surface area contributed by atoms with Gasteiger partial charge in [0.15, 0.2) is 6.20 Å². The lowest BCUT2D eigenvalue weighted by molar-refractivity contribution is 0.741. The number of hydrogen-bond acceptors (Lipinski definition) is 4. The largest absolute Gasteiger partial charge is 0.382 e. The Hall–Kier alpha value is -6.37. The third kappa shape index (κ3) is 14.2. The normalized spacial score (nSPS) is 15.5. The maximum Gasteiger partial charge on any atom is 0.218 e. The molecule has 0 aliphatic carbocycles. The van der Waals surface area contributed by atoms with Gasteiger partial charge in [-0.2, -0.15) is 4.58 Å². The summed E-state index contributed by atoms with van der Waals surface area (Å²) in [6.45, 7) is 14.3. The maximum atomic E-state index is 5.35. The highest BCUT2D eigenvalue weighted by Gasteiger charge is 2.12. The Morgan fingerprint density at radius 3 is 1.98 bits per heavy atom. The number of hydrogen-bond donors (Lipinski definition) is 4. The third-order valence-electron chi connectivity index (χ3n) is 8.55. The summed E-state index contributed by atoms with van der Waals surface area (Å²) < 4.78 is 2.24. The molecule has 55 heavy (non-hydrogen) atoms. The van der Waals surface area contributed by atoms with E-state index in [0.29, 0.717) is 6.54 Å². The smallest absolute Gasteiger partial charge is 0.218 e. The van der Waals surface area contributed by atoms with E-state index in [-0.39, 0.29) is 0 Å². The van der Waals surface area contributed by atoms with Gasteiger partial charge in [-0.05, 0) is 71.5 Å². The number of benzene rings is 5. The van der Waals surface area contributed by atoms with Gasteiger partial charge >= 0.3 is 0 Å². The molecule has 278 valence electrons. The molecule has 0 radical (unpaired) electrons. The molecule has 6 N–H and O–H groups in total. The lowest BCUT2D eigenvalue weighted by atomic mass is 9.99. The Bertz CT molecular complexity index is 2230. The SMILES string of the molecule is C=C/C=C(/C)CNC(=C)/C=C\C(=C/c1ccccc1)c1ccc2/c(c1)=C(C)/C=C\C=C\[N+]=2c1ccccc1.NCc1ccccc1.NNCc1ccccc1. The van der Waals surface area contributed by atoms with E-state index in [4.69, 9.17) is 11.6 Å². The van der Waals surface area contributed by atoms with Crippen molar-refractivity contribution in [1.29, 1.82) is 0 Å². The van der Waals surface area contributed by atoms with Crippen molar-refractivity contribution < 1.29 is 0 Å². The molecule has 0 unspecified atom stereocenters. The molecule has 6 rings (SSSR count). The molecule has 1 aliphatic rings. The predicted octanol–water partition coefficient (Wildman–Crippen LogP) is 8.89. The average Bonchev–Trinajstić information content (AvgIpc) is 3.23. The molecule has 0 bridgehead atoms. The molecular formula is C50H54N5+. The molecular weight excluding hydrogens is 671 g/mol. The van der Waals surface area contributed by atoms with Crippen LogP contribution in [0.25, 0.3) is 17.2 Å². The lowest BCUT2D eigenvalue weighted by Crippen LogP contribution is -2.36. The highest BCUT2D eigenvalue weighted by atomic mass is 15.2. The van der Waals surface area contributed by atoms with Gasteiger partial charge in [0.25, 0.3) is 0 Å². The fourth-order valence-corrected chi connectivity index (χ4v) is 5.61. The van der Waals surface area contributed by atoms with Gasteiger partial charge in [0, 0.05) is 49.6 Å². The van der Waals surface area contributed by atoms with Crippen molar-refractivity contribution in [1.82, 2.24) is 15.3 Å². The zero-order chi connectivity index (χ0) is 39.1. The summed E-state index contributed by atoms with van der Waals surface area (Å²) in [5, 5.41) is 5.73. The number of nitrogens with two attached hydrogens (primary N) is 2. The van der Waals surface area contributed by atoms with Crippen LogP contribution < -0.4 is 37.5 Å². The van der Waals surface area contributed by atoms with Crippen LogP contribution in [0.15, 0.2) is 213 Å². The number of rotatable bonds is 12. The van der Waals surface area contributed by atoms with Gasteiger partial charge in [0.05, 0.1) is 5.22 Å². The van der Waals surface area contributed by atoms with Crippen molar-refractivity contribution in [3.05, 3.63) is 246 Å². The van der Waals surface area contributed by atoms with E-state index in [2.05, 4.69) is 146 Å². The van der Waals surface area contributed by atoms with E-state index in [1.807, 2.05) is 84.9 Å². The summed E-state index contributed by atoms with van der Waals surface area (Å²) >= 11 is 0. The predicted molar refractivity (Wildman–Crippen MR) is 237 cm³/mol. The summed E-state index contributed by atoms with van der Waals surface area (Å²) in [4.78, 5) is 0. The van der Waals surface area contributed by atoms with Crippen LogP contribution in [-0.4, -0.2) is 6.54 Å². The third-order valence-corrected chi connectivity index (χ3v) is 8.55. The van der Waals surface area contributed by atoms with E-state index in [1.165, 1.54) is 27.5 Å². The summed E-state index contributed by atoms with van der Waals surface area (Å²) in [5.41, 5.74) is 18.1. The first kappa shape index (κ1) is 41.4. The van der Waals surface area contributed by atoms with Crippen molar-refractivity contribution in [2.24, 2.45) is 11.6 Å². The number of para-hydroxylation sites is 1. The molecule has 5 aromatic rings. The minimum Gasteiger partial charge on any atom is -0.382 e. The fourth-order valence-electron chi connectivity index (χ4n) is 5.61. The molecule has 5 nitrogen and oxygen atoms in total. The van der Waals surface area contributed by atoms with Crippen molar-refractivity contribution in [2.75, 3.05) is 6.54 Å². The van der Waals surface area contributed by atoms with Gasteiger partial charge in [-0.25, -0.2) is 0 Å². The number of nitrogens with zero attached hydrogens (tertiary/aromatic N) is 1. The topological polar surface area (TPSA) is 79.1 Å². The zero-order valence-electron chi connectivity index (χ0n) is 32.1. The van der Waals surface area contributed by atoms with E-state index in [0.717, 1.165) is 46.5 Å². The summed E-state index contributed by atoms with van der Waals surface area (Å²) in [6.07, 6.45) is 18.7. The molecule has 1 heterocycles. The molecule has 0 fully saturated rings. The molecule has 0 saturated carbocycles. The van der Waals surface area contributed by atoms with Gasteiger partial charge in [0.1, 0.15) is 0 Å². The Morgan fingerprint density at radius 2 is 1.38 bits per heavy atom. The Labute approximate surface area is 327 Å². The van der Waals surface area contributed by atoms with Crippen molar-refractivity contribution in [2.45, 2.75) is 26.9 Å². The van der Waals surface area contributed by atoms with Gasteiger partial charge in [-0.15, -0.1) is 0 Å². The van der Waals surface area contributed by atoms with Crippen LogP contribution in [0.5, 0.6) is 0 Å². The average molecular weight is 725 g/mol. The molecule has 1 aliphatic heterocycles. The molecule has 5 heteroatoms. The van der Waals surface area contributed by atoms with Crippen LogP contribution in [0, 0.1) is 0 Å². The van der Waals surface area contributed by atoms with Crippen LogP contribution >= 0.6 is 0 Å². The first-order valence-corrected chi connectivity index (χ1v) is 18.5. The van der Waals surface area contributed by atoms with E-state index in [9.17, 15) is 0 Å². The summed E-state index contributed by atoms with van der Waals surface area (Å²) in [7, 11) is 0. The Balaban J connectivity index is 0.000000322. The van der Waals surface area contributed by atoms with Gasteiger partial charge in [-0.3, -0.25) is 11.3 Å². The van der Waals surface area contributed by atoms with E-state index in [1.54, 1.807) is 6.08 Å². The van der Waals surface area contributed by atoms with Crippen LogP contribution in [0.1, 0.15) is 36.1 Å². The van der Waals surface area contributed by atoms with Crippen LogP contribution in [0.2, 0.25) is 0 Å². The van der Waals surface area contributed by atoms with Crippen molar-refractivity contribution in [3.63, 3.8) is 0 Å². The van der Waals surface area contributed by atoms with Gasteiger partial charge < -0.3 is 11.1 Å². The second kappa shape index (κ2) is 23.3. The maximum absolute atomic E-state index is 5.35. The van der Waals surface area contributed by atoms with Crippen LogP contribution in [0.4, 0.5) is 5.69 Å². The molecule has 0 spiro atoms. The van der Waals surface area contributed by atoms with Crippen LogP contribution in [0.3, 0.4) is 0 Å². The fraction of sp³-hybridized carbons (Fsp3) is 0.100. The quantitative estimate of drug-likeness (QED) is 0.0341. The molecule has 0 aromatic heterocycles. The summed E-state index contributed by atoms with van der Waals surface area (Å²) in [6, 6.07) is 47.6. The van der Waals surface area contributed by atoms with Crippen molar-refractivity contribution >= 4 is 22.9 Å². The summed E-state index contributed by atoms with van der Waals surface area (Å²) in [5.74, 6) is 5.11. The number of fused-ring (bicyclic) bond motifs is 1. The Kier molecular flexibility index (Phi) is 17.6. The van der Waals surface area contributed by atoms with Gasteiger partial charge in [0.2, 0.25) is 11.0 Å². The highest BCUT2D eigenvalue weighted by Crippen LogP contribution is 2.19. The lowest BCUT2D eigenvalue weighted by Gasteiger charge is -2.08. The second-order valence-corrected chi connectivity index (χ2v) is 12.8. The minimum atomic E-state index is 0.640. The number of hydrazine groups is 1. The molecule has 5 aromatic carbocycles. The zero-order valence-corrected chi connectivity index (χ0v) is 32.1. The number of allylic oxidation sites excluding steroid dienone is 8. The second-order valence-electron chi connectivity index (χ2n) is 12.8. The molecule has 0 saturated heterocycles. The van der Waals surface area contributed by atoms with Crippen LogP contribution in [-0.2, 0) is 13.1 Å². The first-order valence-electron chi connectivity index (χ1n) is 18.5. The minimum absolute atomic E-state index is 0.640. The van der Waals surface area contributed by atoms with Gasteiger partial charge in [-0.1, -0.05) is 158 Å². The standard InChI is InChI=1S/C36H35N2.C7H10N2.C7H9N/c1-5-14-28(2)27-37-30(4)20-21-32(25-31-16-8-6-9-17-31)33-22-23-36-35(26-33)29(3)15-12-13-24-38(36)34-18-10-7-11-19-34;8-9-6-7-4-2-1-3-5-7;8-6-7-4-2-1-3-5-7/h5-26,37H,1,4,27H2,2-3H3;1-5,9H,6,8H2;1-5H,6,8H2/q+1;;/b13-12?,15-12-,21-20-,24-13+,28-14-,29-15?,32-25+,35-29+,38-24?,38-36+;;.